The molecule has 0 fully saturated rings. The number of carbonyl (C=O) groups excluding carboxylic acids is 2. The summed E-state index contributed by atoms with van der Waals surface area (Å²) < 4.78 is 7.28. The van der Waals surface area contributed by atoms with E-state index in [4.69, 9.17) is 10.00 Å². The first-order valence-corrected chi connectivity index (χ1v) is 9.13. The van der Waals surface area contributed by atoms with Crippen LogP contribution in [0.15, 0.2) is 60.8 Å². The highest BCUT2D eigenvalue weighted by Gasteiger charge is 2.20. The molecule has 0 N–H and O–H groups in total. The molecule has 0 atom stereocenters. The number of aromatic nitrogens is 1. The van der Waals surface area contributed by atoms with Gasteiger partial charge in [-0.05, 0) is 25.1 Å². The molecule has 3 aromatic rings. The lowest BCUT2D eigenvalue weighted by atomic mass is 10.2. The van der Waals surface area contributed by atoms with Crippen LogP contribution in [0.1, 0.15) is 23.7 Å². The van der Waals surface area contributed by atoms with Crippen LogP contribution < -0.4 is 4.90 Å². The number of esters is 1. The van der Waals surface area contributed by atoms with Crippen LogP contribution >= 0.6 is 0 Å². The summed E-state index contributed by atoms with van der Waals surface area (Å²) >= 11 is 0. The van der Waals surface area contributed by atoms with Crippen molar-refractivity contribution in [2.24, 2.45) is 0 Å². The predicted octanol–water partition coefficient (Wildman–Crippen LogP) is 3.76. The first-order chi connectivity index (χ1) is 13.7. The number of carbonyl (C=O) groups is 2. The highest BCUT2D eigenvalue weighted by Crippen LogP contribution is 2.22. The number of anilines is 1. The Labute approximate surface area is 163 Å². The number of para-hydroxylation sites is 2. The summed E-state index contributed by atoms with van der Waals surface area (Å²) in [6.45, 7) is 2.58. The lowest BCUT2D eigenvalue weighted by Crippen LogP contribution is -2.35. The number of hydrogen-bond acceptors (Lipinski definition) is 4. The zero-order valence-corrected chi connectivity index (χ0v) is 15.7. The van der Waals surface area contributed by atoms with Crippen molar-refractivity contribution >= 4 is 28.5 Å². The van der Waals surface area contributed by atoms with E-state index in [9.17, 15) is 9.59 Å². The van der Waals surface area contributed by atoms with E-state index in [0.29, 0.717) is 11.3 Å². The first-order valence-electron chi connectivity index (χ1n) is 9.13. The molecule has 6 heteroatoms. The van der Waals surface area contributed by atoms with Crippen LogP contribution in [0.4, 0.5) is 5.69 Å². The molecular weight excluding hydrogens is 354 g/mol. The molecule has 0 aliphatic heterocycles. The molecule has 0 saturated carbocycles. The quantitative estimate of drug-likeness (QED) is 0.589. The van der Waals surface area contributed by atoms with Crippen LogP contribution in [0.25, 0.3) is 10.9 Å². The number of amides is 1. The Kier molecular flexibility index (Phi) is 6.07. The molecule has 0 aliphatic rings. The van der Waals surface area contributed by atoms with Gasteiger partial charge in [0.2, 0.25) is 0 Å². The number of fused-ring (bicyclic) bond motifs is 1. The number of rotatable bonds is 7. The van der Waals surface area contributed by atoms with Gasteiger partial charge in [-0.15, -0.1) is 0 Å². The molecule has 142 valence electrons. The third-order valence-corrected chi connectivity index (χ3v) is 4.49. The van der Waals surface area contributed by atoms with Crippen molar-refractivity contribution in [1.29, 1.82) is 5.26 Å². The highest BCUT2D eigenvalue weighted by atomic mass is 16.5. The molecule has 1 heterocycles. The second-order valence-corrected chi connectivity index (χ2v) is 6.21. The molecule has 2 aromatic carbocycles. The molecule has 0 unspecified atom stereocenters. The topological polar surface area (TPSA) is 75.3 Å². The maximum Gasteiger partial charge on any atom is 0.340 e. The van der Waals surface area contributed by atoms with E-state index >= 15 is 0 Å². The first kappa shape index (κ1) is 19.2. The largest absolute Gasteiger partial charge is 0.452 e. The fourth-order valence-electron chi connectivity index (χ4n) is 3.12. The molecule has 6 nitrogen and oxygen atoms in total. The van der Waals surface area contributed by atoms with E-state index in [0.717, 1.165) is 17.4 Å². The average Bonchev–Trinajstić information content (AvgIpc) is 3.12. The summed E-state index contributed by atoms with van der Waals surface area (Å²) in [7, 11) is 0. The number of hydrogen-bond donors (Lipinski definition) is 0. The Morgan fingerprint density at radius 1 is 1.11 bits per heavy atom. The molecule has 28 heavy (non-hydrogen) atoms. The van der Waals surface area contributed by atoms with Crippen LogP contribution in [-0.2, 0) is 16.1 Å². The summed E-state index contributed by atoms with van der Waals surface area (Å²) in [6, 6.07) is 18.7. The number of nitriles is 1. The average molecular weight is 375 g/mol. The van der Waals surface area contributed by atoms with Gasteiger partial charge in [0, 0.05) is 35.9 Å². The summed E-state index contributed by atoms with van der Waals surface area (Å²) in [4.78, 5) is 26.7. The molecule has 1 amide bonds. The monoisotopic (exact) mass is 375 g/mol. The summed E-state index contributed by atoms with van der Waals surface area (Å²) in [5, 5.41) is 9.66. The maximum absolute atomic E-state index is 12.6. The van der Waals surface area contributed by atoms with Crippen molar-refractivity contribution in [1.82, 2.24) is 4.57 Å². The predicted molar refractivity (Wildman–Crippen MR) is 107 cm³/mol. The normalized spacial score (nSPS) is 10.4. The third kappa shape index (κ3) is 4.04. The van der Waals surface area contributed by atoms with Gasteiger partial charge < -0.3 is 14.2 Å². The molecule has 0 aliphatic carbocycles. The molecular formula is C22H21N3O3. The second kappa shape index (κ2) is 8.87. The van der Waals surface area contributed by atoms with Gasteiger partial charge in [-0.1, -0.05) is 36.4 Å². The fourth-order valence-corrected chi connectivity index (χ4v) is 3.12. The van der Waals surface area contributed by atoms with Crippen molar-refractivity contribution in [3.8, 4) is 6.07 Å². The molecule has 0 spiro atoms. The minimum absolute atomic E-state index is 0.193. The van der Waals surface area contributed by atoms with Gasteiger partial charge in [0.1, 0.15) is 0 Å². The van der Waals surface area contributed by atoms with E-state index in [-0.39, 0.29) is 25.5 Å². The molecule has 0 saturated heterocycles. The highest BCUT2D eigenvalue weighted by molar-refractivity contribution is 6.05. The smallest absolute Gasteiger partial charge is 0.340 e. The Bertz CT molecular complexity index is 1020. The van der Waals surface area contributed by atoms with Crippen molar-refractivity contribution in [2.45, 2.75) is 19.9 Å². The van der Waals surface area contributed by atoms with E-state index in [1.54, 1.807) is 18.3 Å². The van der Waals surface area contributed by atoms with Gasteiger partial charge >= 0.3 is 5.97 Å². The molecule has 0 radical (unpaired) electrons. The number of nitrogens with zero attached hydrogens (tertiary/aromatic N) is 3. The van der Waals surface area contributed by atoms with Gasteiger partial charge in [-0.25, -0.2) is 4.79 Å². The van der Waals surface area contributed by atoms with Crippen molar-refractivity contribution in [3.05, 3.63) is 66.4 Å². The van der Waals surface area contributed by atoms with Gasteiger partial charge in [0.15, 0.2) is 6.61 Å². The third-order valence-electron chi connectivity index (χ3n) is 4.49. The molecule has 0 bridgehead atoms. The van der Waals surface area contributed by atoms with Crippen LogP contribution in [0.3, 0.4) is 0 Å². The van der Waals surface area contributed by atoms with Crippen LogP contribution in [0.5, 0.6) is 0 Å². The van der Waals surface area contributed by atoms with E-state index in [1.807, 2.05) is 60.0 Å². The van der Waals surface area contributed by atoms with E-state index < -0.39 is 5.97 Å². The fraction of sp³-hybridized carbons (Fsp3) is 0.227. The Hall–Kier alpha value is -3.59. The minimum atomic E-state index is -0.537. The summed E-state index contributed by atoms with van der Waals surface area (Å²) in [5.74, 6) is -0.904. The Morgan fingerprint density at radius 2 is 1.82 bits per heavy atom. The zero-order chi connectivity index (χ0) is 19.9. The lowest BCUT2D eigenvalue weighted by Gasteiger charge is -2.21. The van der Waals surface area contributed by atoms with Crippen molar-refractivity contribution in [2.75, 3.05) is 18.1 Å². The standard InChI is InChI=1S/C22H21N3O3/c1-2-24-15-19(18-11-6-7-12-20(18)24)22(27)28-16-21(26)25(14-8-13-23)17-9-4-3-5-10-17/h3-7,9-12,15H,2,8,14,16H2,1H3. The van der Waals surface area contributed by atoms with Crippen molar-refractivity contribution in [3.63, 3.8) is 0 Å². The summed E-state index contributed by atoms with van der Waals surface area (Å²) in [6.07, 6.45) is 1.95. The zero-order valence-electron chi connectivity index (χ0n) is 15.7. The van der Waals surface area contributed by atoms with Crippen LogP contribution in [0, 0.1) is 11.3 Å². The van der Waals surface area contributed by atoms with Gasteiger partial charge in [0.25, 0.3) is 5.91 Å². The SMILES string of the molecule is CCn1cc(C(=O)OCC(=O)N(CCC#N)c2ccccc2)c2ccccc21. The van der Waals surface area contributed by atoms with E-state index in [1.165, 1.54) is 4.90 Å². The lowest BCUT2D eigenvalue weighted by molar-refractivity contribution is -0.121. The maximum atomic E-state index is 12.6. The Morgan fingerprint density at radius 3 is 2.54 bits per heavy atom. The van der Waals surface area contributed by atoms with Crippen LogP contribution in [-0.4, -0.2) is 29.6 Å². The van der Waals surface area contributed by atoms with Crippen molar-refractivity contribution < 1.29 is 14.3 Å². The van der Waals surface area contributed by atoms with Gasteiger partial charge in [0.05, 0.1) is 18.1 Å². The summed E-state index contributed by atoms with van der Waals surface area (Å²) in [5.41, 5.74) is 2.05. The van der Waals surface area contributed by atoms with Gasteiger partial charge in [-0.2, -0.15) is 5.26 Å². The van der Waals surface area contributed by atoms with Gasteiger partial charge in [-0.3, -0.25) is 4.79 Å². The molecule has 1 aromatic heterocycles. The number of benzene rings is 2. The van der Waals surface area contributed by atoms with E-state index in [2.05, 4.69) is 0 Å². The Balaban J connectivity index is 1.74. The van der Waals surface area contributed by atoms with Crippen LogP contribution in [0.2, 0.25) is 0 Å². The number of aryl methyl sites for hydroxylation is 1. The second-order valence-electron chi connectivity index (χ2n) is 6.21. The number of ether oxygens (including phenoxy) is 1. The molecule has 3 rings (SSSR count). The minimum Gasteiger partial charge on any atom is -0.452 e.